The third kappa shape index (κ3) is 3.49. The predicted molar refractivity (Wildman–Crippen MR) is 81.7 cm³/mol. The van der Waals surface area contributed by atoms with Gasteiger partial charge in [-0.2, -0.15) is 13.2 Å². The molecule has 0 fully saturated rings. The van der Waals surface area contributed by atoms with Gasteiger partial charge in [0.15, 0.2) is 5.76 Å². The Labute approximate surface area is 142 Å². The summed E-state index contributed by atoms with van der Waals surface area (Å²) in [5, 5.41) is 6.96. The van der Waals surface area contributed by atoms with Crippen molar-refractivity contribution in [1.29, 1.82) is 0 Å². The van der Waals surface area contributed by atoms with Crippen molar-refractivity contribution in [3.05, 3.63) is 47.2 Å². The molecule has 2 heterocycles. The lowest BCUT2D eigenvalue weighted by Crippen LogP contribution is -2.21. The lowest BCUT2D eigenvalue weighted by molar-refractivity contribution is -0.146. The monoisotopic (exact) mass is 375 g/mol. The predicted octanol–water partition coefficient (Wildman–Crippen LogP) is 3.61. The molecule has 6 nitrogen and oxygen atoms in total. The normalized spacial score (nSPS) is 11.8. The second-order valence-electron chi connectivity index (χ2n) is 4.59. The van der Waals surface area contributed by atoms with Crippen LogP contribution < -0.4 is 5.84 Å². The van der Waals surface area contributed by atoms with Crippen molar-refractivity contribution in [2.45, 2.75) is 17.1 Å². The molecule has 0 aliphatic heterocycles. The number of nitrogens with two attached hydrogens (primary N) is 1. The number of nitrogens with zero attached hydrogens (tertiary/aromatic N) is 4. The Bertz CT molecular complexity index is 846. The van der Waals surface area contributed by atoms with Crippen LogP contribution in [0.2, 0.25) is 5.02 Å². The van der Waals surface area contributed by atoms with E-state index >= 15 is 0 Å². The fraction of sp³-hybridized carbons (Fsp3) is 0.154. The Balaban J connectivity index is 1.70. The quantitative estimate of drug-likeness (QED) is 0.554. The molecule has 2 aromatic heterocycles. The maximum absolute atomic E-state index is 12.6. The summed E-state index contributed by atoms with van der Waals surface area (Å²) in [6, 6.07) is 6.96. The number of hydrogen-bond acceptors (Lipinski definition) is 6. The lowest BCUT2D eigenvalue weighted by Gasteiger charge is -2.05. The SMILES string of the molecule is Nn1c(SCc2ncc(-c3ccc(Cl)cc3)o2)nnc1C(F)(F)F. The Kier molecular flexibility index (Phi) is 4.41. The minimum atomic E-state index is -4.66. The standard InChI is InChI=1S/C13H9ClF3N5OS/c14-8-3-1-7(2-4-8)9-5-19-10(23-9)6-24-12-21-20-11(22(12)18)13(15,16)17/h1-5H,6,18H2. The molecule has 11 heteroatoms. The molecule has 2 N–H and O–H groups in total. The molecule has 3 rings (SSSR count). The third-order valence-corrected chi connectivity index (χ3v) is 4.10. The molecule has 3 aromatic rings. The van der Waals surface area contributed by atoms with Crippen LogP contribution in [0.25, 0.3) is 11.3 Å². The number of oxazole rings is 1. The first-order valence-corrected chi connectivity index (χ1v) is 7.82. The van der Waals surface area contributed by atoms with Gasteiger partial charge in [0.25, 0.3) is 5.82 Å². The van der Waals surface area contributed by atoms with E-state index in [0.29, 0.717) is 21.3 Å². The van der Waals surface area contributed by atoms with E-state index in [9.17, 15) is 13.2 Å². The second kappa shape index (κ2) is 6.36. The molecule has 0 unspecified atom stereocenters. The van der Waals surface area contributed by atoms with E-state index < -0.39 is 12.0 Å². The molecule has 0 amide bonds. The van der Waals surface area contributed by atoms with Crippen LogP contribution in [0, 0.1) is 0 Å². The van der Waals surface area contributed by atoms with E-state index in [1.165, 1.54) is 6.20 Å². The highest BCUT2D eigenvalue weighted by Gasteiger charge is 2.38. The molecule has 0 saturated heterocycles. The molecule has 24 heavy (non-hydrogen) atoms. The van der Waals surface area contributed by atoms with Gasteiger partial charge < -0.3 is 10.3 Å². The van der Waals surface area contributed by atoms with E-state index in [1.807, 2.05) is 0 Å². The molecular formula is C13H9ClF3N5OS. The van der Waals surface area contributed by atoms with E-state index in [-0.39, 0.29) is 10.9 Å². The number of nitrogen functional groups attached to an aromatic ring is 1. The summed E-state index contributed by atoms with van der Waals surface area (Å²) in [6.07, 6.45) is -3.14. The zero-order valence-corrected chi connectivity index (χ0v) is 13.4. The number of benzene rings is 1. The summed E-state index contributed by atoms with van der Waals surface area (Å²) in [4.78, 5) is 4.07. The Morgan fingerprint density at radius 3 is 2.54 bits per heavy atom. The van der Waals surface area contributed by atoms with Gasteiger partial charge in [-0.3, -0.25) is 0 Å². The van der Waals surface area contributed by atoms with E-state index in [4.69, 9.17) is 21.9 Å². The minimum absolute atomic E-state index is 0.0893. The molecule has 0 aliphatic carbocycles. The van der Waals surface area contributed by atoms with E-state index in [1.54, 1.807) is 24.3 Å². The first kappa shape index (κ1) is 16.7. The van der Waals surface area contributed by atoms with Crippen LogP contribution in [0.3, 0.4) is 0 Å². The summed E-state index contributed by atoms with van der Waals surface area (Å²) in [5.41, 5.74) is 0.782. The topological polar surface area (TPSA) is 82.8 Å². The molecule has 1 aromatic carbocycles. The molecule has 126 valence electrons. The summed E-state index contributed by atoms with van der Waals surface area (Å²) >= 11 is 6.75. The van der Waals surface area contributed by atoms with Crippen LogP contribution in [0.4, 0.5) is 13.2 Å². The van der Waals surface area contributed by atoms with Crippen LogP contribution in [0.5, 0.6) is 0 Å². The van der Waals surface area contributed by atoms with E-state index in [2.05, 4.69) is 15.2 Å². The van der Waals surface area contributed by atoms with Gasteiger partial charge in [0.05, 0.1) is 11.9 Å². The summed E-state index contributed by atoms with van der Waals surface area (Å²) < 4.78 is 43.7. The van der Waals surface area contributed by atoms with Crippen molar-refractivity contribution in [2.75, 3.05) is 5.84 Å². The molecule has 0 saturated carbocycles. The Hall–Kier alpha value is -2.20. The van der Waals surface area contributed by atoms with Crippen LogP contribution in [0.15, 0.2) is 40.0 Å². The maximum atomic E-state index is 12.6. The largest absolute Gasteiger partial charge is 0.453 e. The van der Waals surface area contributed by atoms with Crippen molar-refractivity contribution < 1.29 is 17.6 Å². The highest BCUT2D eigenvalue weighted by Crippen LogP contribution is 2.30. The summed E-state index contributed by atoms with van der Waals surface area (Å²) in [5.74, 6) is 5.08. The molecule has 0 spiro atoms. The average molecular weight is 376 g/mol. The number of rotatable bonds is 4. The fourth-order valence-electron chi connectivity index (χ4n) is 1.82. The minimum Gasteiger partial charge on any atom is -0.440 e. The van der Waals surface area contributed by atoms with Gasteiger partial charge in [-0.25, -0.2) is 9.66 Å². The highest BCUT2D eigenvalue weighted by atomic mass is 35.5. The smallest absolute Gasteiger partial charge is 0.440 e. The third-order valence-electron chi connectivity index (χ3n) is 2.93. The van der Waals surface area contributed by atoms with Gasteiger partial charge in [-0.1, -0.05) is 23.4 Å². The second-order valence-corrected chi connectivity index (χ2v) is 5.97. The molecular weight excluding hydrogens is 367 g/mol. The zero-order valence-electron chi connectivity index (χ0n) is 11.8. The molecule has 0 bridgehead atoms. The number of hydrogen-bond donors (Lipinski definition) is 1. The highest BCUT2D eigenvalue weighted by molar-refractivity contribution is 7.98. The summed E-state index contributed by atoms with van der Waals surface area (Å²) in [6.45, 7) is 0. The molecule has 0 atom stereocenters. The first-order chi connectivity index (χ1) is 11.3. The number of halogens is 4. The first-order valence-electron chi connectivity index (χ1n) is 6.46. The van der Waals surface area contributed by atoms with E-state index in [0.717, 1.165) is 17.3 Å². The van der Waals surface area contributed by atoms with Gasteiger partial charge in [0.1, 0.15) is 0 Å². The average Bonchev–Trinajstić information content (AvgIpc) is 3.12. The number of thioether (sulfide) groups is 1. The summed E-state index contributed by atoms with van der Waals surface area (Å²) in [7, 11) is 0. The van der Waals surface area contributed by atoms with Crippen LogP contribution >= 0.6 is 23.4 Å². The van der Waals surface area contributed by atoms with Gasteiger partial charge in [0.2, 0.25) is 11.0 Å². The van der Waals surface area contributed by atoms with Crippen molar-refractivity contribution in [1.82, 2.24) is 19.9 Å². The fourth-order valence-corrected chi connectivity index (χ4v) is 2.66. The van der Waals surface area contributed by atoms with Gasteiger partial charge >= 0.3 is 6.18 Å². The van der Waals surface area contributed by atoms with Gasteiger partial charge in [-0.15, -0.1) is 10.2 Å². The van der Waals surface area contributed by atoms with Crippen molar-refractivity contribution >= 4 is 23.4 Å². The maximum Gasteiger partial charge on any atom is 0.453 e. The van der Waals surface area contributed by atoms with Crippen molar-refractivity contribution in [3.8, 4) is 11.3 Å². The Morgan fingerprint density at radius 2 is 1.92 bits per heavy atom. The molecule has 0 aliphatic rings. The number of alkyl halides is 3. The Morgan fingerprint density at radius 1 is 1.21 bits per heavy atom. The lowest BCUT2D eigenvalue weighted by atomic mass is 10.2. The zero-order chi connectivity index (χ0) is 17.3. The number of aromatic nitrogens is 4. The van der Waals surface area contributed by atoms with Crippen molar-refractivity contribution in [2.24, 2.45) is 0 Å². The van der Waals surface area contributed by atoms with Crippen LogP contribution in [-0.4, -0.2) is 19.9 Å². The van der Waals surface area contributed by atoms with Crippen LogP contribution in [-0.2, 0) is 11.9 Å². The van der Waals surface area contributed by atoms with Gasteiger partial charge in [0, 0.05) is 10.6 Å². The van der Waals surface area contributed by atoms with Crippen LogP contribution in [0.1, 0.15) is 11.7 Å². The van der Waals surface area contributed by atoms with Gasteiger partial charge in [-0.05, 0) is 24.3 Å². The molecule has 0 radical (unpaired) electrons. The van der Waals surface area contributed by atoms with Crippen molar-refractivity contribution in [3.63, 3.8) is 0 Å².